The standard InChI is InChI=1S/C17H13BrClN5O2/c1-10-5-6-13(8-14(10)19)23-17-15(24(25)26)16(20-9-21-17)22-12-4-2-3-11(18)7-12/h2-9H,1H3,(H2,20,21,22,23). The average molecular weight is 435 g/mol. The van der Waals surface area contributed by atoms with Crippen molar-refractivity contribution in [2.45, 2.75) is 6.92 Å². The molecule has 1 aromatic heterocycles. The molecular formula is C17H13BrClN5O2. The number of aryl methyl sites for hydroxylation is 1. The lowest BCUT2D eigenvalue weighted by Gasteiger charge is -2.11. The van der Waals surface area contributed by atoms with Gasteiger partial charge in [0.05, 0.1) is 4.92 Å². The van der Waals surface area contributed by atoms with Crippen molar-refractivity contribution in [3.8, 4) is 0 Å². The third kappa shape index (κ3) is 4.09. The van der Waals surface area contributed by atoms with Crippen LogP contribution in [-0.2, 0) is 0 Å². The van der Waals surface area contributed by atoms with Crippen molar-refractivity contribution in [1.29, 1.82) is 0 Å². The minimum Gasteiger partial charge on any atom is -0.334 e. The molecule has 9 heteroatoms. The van der Waals surface area contributed by atoms with Gasteiger partial charge in [-0.3, -0.25) is 10.1 Å². The summed E-state index contributed by atoms with van der Waals surface area (Å²) < 4.78 is 0.840. The highest BCUT2D eigenvalue weighted by molar-refractivity contribution is 9.10. The summed E-state index contributed by atoms with van der Waals surface area (Å²) in [5.41, 5.74) is 1.90. The van der Waals surface area contributed by atoms with E-state index in [0.29, 0.717) is 16.4 Å². The zero-order valence-electron chi connectivity index (χ0n) is 13.5. The third-order valence-electron chi connectivity index (χ3n) is 3.53. The molecule has 132 valence electrons. The van der Waals surface area contributed by atoms with Crippen molar-refractivity contribution in [2.24, 2.45) is 0 Å². The van der Waals surface area contributed by atoms with Gasteiger partial charge in [-0.2, -0.15) is 0 Å². The fourth-order valence-corrected chi connectivity index (χ4v) is 2.82. The summed E-state index contributed by atoms with van der Waals surface area (Å²) >= 11 is 9.48. The van der Waals surface area contributed by atoms with Crippen molar-refractivity contribution < 1.29 is 4.92 Å². The Morgan fingerprint density at radius 3 is 2.31 bits per heavy atom. The van der Waals surface area contributed by atoms with Crippen LogP contribution in [0.25, 0.3) is 0 Å². The van der Waals surface area contributed by atoms with Gasteiger partial charge in [-0.1, -0.05) is 39.7 Å². The molecule has 0 bridgehead atoms. The van der Waals surface area contributed by atoms with Gasteiger partial charge in [0, 0.05) is 20.9 Å². The first kappa shape index (κ1) is 18.1. The van der Waals surface area contributed by atoms with Crippen LogP contribution >= 0.6 is 27.5 Å². The molecule has 1 heterocycles. The molecule has 2 N–H and O–H groups in total. The Kier molecular flexibility index (Phi) is 5.34. The zero-order chi connectivity index (χ0) is 18.7. The van der Waals surface area contributed by atoms with Crippen molar-refractivity contribution in [2.75, 3.05) is 10.6 Å². The molecule has 0 spiro atoms. The monoisotopic (exact) mass is 433 g/mol. The molecule has 26 heavy (non-hydrogen) atoms. The number of anilines is 4. The molecule has 0 aliphatic heterocycles. The summed E-state index contributed by atoms with van der Waals surface area (Å²) in [4.78, 5) is 19.1. The van der Waals surface area contributed by atoms with E-state index in [1.165, 1.54) is 6.33 Å². The summed E-state index contributed by atoms with van der Waals surface area (Å²) in [5, 5.41) is 18.1. The van der Waals surface area contributed by atoms with Crippen LogP contribution in [0, 0.1) is 17.0 Å². The van der Waals surface area contributed by atoms with Crippen LogP contribution < -0.4 is 10.6 Å². The molecule has 0 saturated carbocycles. The predicted octanol–water partition coefficient (Wildman–Crippen LogP) is 5.60. The van der Waals surface area contributed by atoms with E-state index in [1.54, 1.807) is 24.3 Å². The number of benzene rings is 2. The van der Waals surface area contributed by atoms with Crippen molar-refractivity contribution in [1.82, 2.24) is 9.97 Å². The van der Waals surface area contributed by atoms with Gasteiger partial charge in [-0.25, -0.2) is 9.97 Å². The summed E-state index contributed by atoms with van der Waals surface area (Å²) in [5.74, 6) is 0.159. The number of nitro groups is 1. The molecule has 0 aliphatic rings. The number of hydrogen-bond donors (Lipinski definition) is 2. The van der Waals surface area contributed by atoms with Crippen molar-refractivity contribution in [3.63, 3.8) is 0 Å². The quantitative estimate of drug-likeness (QED) is 0.401. The highest BCUT2D eigenvalue weighted by Crippen LogP contribution is 2.34. The Morgan fingerprint density at radius 1 is 1.08 bits per heavy atom. The zero-order valence-corrected chi connectivity index (χ0v) is 15.9. The highest BCUT2D eigenvalue weighted by atomic mass is 79.9. The predicted molar refractivity (Wildman–Crippen MR) is 106 cm³/mol. The van der Waals surface area contributed by atoms with Crippen LogP contribution in [0.3, 0.4) is 0 Å². The largest absolute Gasteiger partial charge is 0.353 e. The van der Waals surface area contributed by atoms with Gasteiger partial charge in [0.15, 0.2) is 0 Å². The van der Waals surface area contributed by atoms with E-state index in [-0.39, 0.29) is 17.3 Å². The molecule has 0 fully saturated rings. The van der Waals surface area contributed by atoms with Crippen LogP contribution in [0.4, 0.5) is 28.7 Å². The molecule has 0 atom stereocenters. The van der Waals surface area contributed by atoms with Crippen LogP contribution in [-0.4, -0.2) is 14.9 Å². The number of halogens is 2. The number of nitrogens with zero attached hydrogens (tertiary/aromatic N) is 3. The SMILES string of the molecule is Cc1ccc(Nc2ncnc(Nc3cccc(Br)c3)c2[N+](=O)[O-])cc1Cl. The van der Waals surface area contributed by atoms with Gasteiger partial charge in [0.2, 0.25) is 11.6 Å². The van der Waals surface area contributed by atoms with Gasteiger partial charge in [0.25, 0.3) is 0 Å². The van der Waals surface area contributed by atoms with Crippen LogP contribution in [0.15, 0.2) is 53.3 Å². The first-order valence-electron chi connectivity index (χ1n) is 7.49. The van der Waals surface area contributed by atoms with Crippen LogP contribution in [0.5, 0.6) is 0 Å². The molecule has 0 aliphatic carbocycles. The Morgan fingerprint density at radius 2 is 1.73 bits per heavy atom. The number of rotatable bonds is 5. The van der Waals surface area contributed by atoms with Crippen LogP contribution in [0.1, 0.15) is 5.56 Å². The second kappa shape index (κ2) is 7.67. The molecule has 3 aromatic rings. The Balaban J connectivity index is 1.98. The first-order valence-corrected chi connectivity index (χ1v) is 8.66. The lowest BCUT2D eigenvalue weighted by Crippen LogP contribution is -2.05. The second-order valence-electron chi connectivity index (χ2n) is 5.40. The van der Waals surface area contributed by atoms with E-state index in [1.807, 2.05) is 25.1 Å². The molecule has 7 nitrogen and oxygen atoms in total. The van der Waals surface area contributed by atoms with Gasteiger partial charge in [-0.05, 0) is 42.8 Å². The average Bonchev–Trinajstić information content (AvgIpc) is 2.58. The maximum Gasteiger partial charge on any atom is 0.353 e. The molecule has 0 amide bonds. The second-order valence-corrected chi connectivity index (χ2v) is 6.72. The minimum absolute atomic E-state index is 0.0717. The van der Waals surface area contributed by atoms with Gasteiger partial charge >= 0.3 is 5.69 Å². The van der Waals surface area contributed by atoms with E-state index < -0.39 is 4.92 Å². The third-order valence-corrected chi connectivity index (χ3v) is 4.43. The van der Waals surface area contributed by atoms with Gasteiger partial charge in [0.1, 0.15) is 6.33 Å². The molecule has 0 saturated heterocycles. The minimum atomic E-state index is -0.529. The smallest absolute Gasteiger partial charge is 0.334 e. The fourth-order valence-electron chi connectivity index (χ4n) is 2.24. The van der Waals surface area contributed by atoms with E-state index >= 15 is 0 Å². The molecule has 2 aromatic carbocycles. The van der Waals surface area contributed by atoms with E-state index in [2.05, 4.69) is 36.5 Å². The maximum absolute atomic E-state index is 11.6. The van der Waals surface area contributed by atoms with E-state index in [4.69, 9.17) is 11.6 Å². The van der Waals surface area contributed by atoms with Gasteiger partial charge in [-0.15, -0.1) is 0 Å². The lowest BCUT2D eigenvalue weighted by molar-refractivity contribution is -0.383. The Bertz CT molecular complexity index is 983. The summed E-state index contributed by atoms with van der Waals surface area (Å²) in [6.07, 6.45) is 1.26. The van der Waals surface area contributed by atoms with E-state index in [0.717, 1.165) is 10.0 Å². The molecule has 3 rings (SSSR count). The number of hydrogen-bond acceptors (Lipinski definition) is 6. The molecule has 0 unspecified atom stereocenters. The number of aromatic nitrogens is 2. The topological polar surface area (TPSA) is 93.0 Å². The van der Waals surface area contributed by atoms with Crippen molar-refractivity contribution >= 4 is 56.2 Å². The van der Waals surface area contributed by atoms with Gasteiger partial charge < -0.3 is 10.6 Å². The Hall–Kier alpha value is -2.71. The normalized spacial score (nSPS) is 10.4. The summed E-state index contributed by atoms with van der Waals surface area (Å²) in [6, 6.07) is 12.5. The summed E-state index contributed by atoms with van der Waals surface area (Å²) in [6.45, 7) is 1.87. The highest BCUT2D eigenvalue weighted by Gasteiger charge is 2.23. The fraction of sp³-hybridized carbons (Fsp3) is 0.0588. The number of nitrogens with one attached hydrogen (secondary N) is 2. The Labute approximate surface area is 162 Å². The maximum atomic E-state index is 11.6. The van der Waals surface area contributed by atoms with E-state index in [9.17, 15) is 10.1 Å². The van der Waals surface area contributed by atoms with Crippen LogP contribution in [0.2, 0.25) is 5.02 Å². The first-order chi connectivity index (χ1) is 12.4. The molecule has 0 radical (unpaired) electrons. The van der Waals surface area contributed by atoms with Crippen molar-refractivity contribution in [3.05, 3.63) is 74.0 Å². The lowest BCUT2D eigenvalue weighted by atomic mass is 10.2. The summed E-state index contributed by atoms with van der Waals surface area (Å²) in [7, 11) is 0. The molecular weight excluding hydrogens is 422 g/mol.